The predicted molar refractivity (Wildman–Crippen MR) is 88.2 cm³/mol. The van der Waals surface area contributed by atoms with Gasteiger partial charge in [0.1, 0.15) is 17.1 Å². The van der Waals surface area contributed by atoms with Crippen molar-refractivity contribution in [3.8, 4) is 11.5 Å². The minimum atomic E-state index is -0.0800. The first-order chi connectivity index (χ1) is 10.0. The number of aryl methyl sites for hydroxylation is 2. The summed E-state index contributed by atoms with van der Waals surface area (Å²) in [4.78, 5) is 13.0. The van der Waals surface area contributed by atoms with Crippen LogP contribution < -0.4 is 14.8 Å². The zero-order valence-electron chi connectivity index (χ0n) is 12.7. The molecule has 0 bridgehead atoms. The number of ketones is 1. The van der Waals surface area contributed by atoms with Crippen LogP contribution in [0.4, 0.5) is 0 Å². The number of benzene rings is 2. The third kappa shape index (κ3) is 2.79. The molecule has 0 spiro atoms. The molecule has 0 radical (unpaired) electrons. The maximum absolute atomic E-state index is 13.0. The van der Waals surface area contributed by atoms with E-state index in [2.05, 4.69) is 9.24 Å². The zero-order valence-corrected chi connectivity index (χ0v) is 13.8. The van der Waals surface area contributed by atoms with Crippen molar-refractivity contribution in [2.24, 2.45) is 0 Å². The van der Waals surface area contributed by atoms with Crippen molar-refractivity contribution in [3.05, 3.63) is 52.6 Å². The Morgan fingerprint density at radius 2 is 1.57 bits per heavy atom. The van der Waals surface area contributed by atoms with E-state index in [9.17, 15) is 4.79 Å². The first-order valence-corrected chi connectivity index (χ1v) is 7.20. The molecule has 0 aliphatic carbocycles. The number of carbonyl (C=O) groups excluding carboxylic acids is 1. The summed E-state index contributed by atoms with van der Waals surface area (Å²) in [6.45, 7) is 3.87. The van der Waals surface area contributed by atoms with Gasteiger partial charge in [-0.05, 0) is 37.1 Å². The van der Waals surface area contributed by atoms with E-state index in [1.807, 2.05) is 38.1 Å². The maximum atomic E-state index is 13.0. The molecule has 110 valence electrons. The smallest absolute Gasteiger partial charge is 0.201 e. The second-order valence-electron chi connectivity index (χ2n) is 4.86. The maximum Gasteiger partial charge on any atom is 0.201 e. The monoisotopic (exact) mass is 302 g/mol. The first kappa shape index (κ1) is 15.5. The van der Waals surface area contributed by atoms with Gasteiger partial charge < -0.3 is 9.47 Å². The average molecular weight is 302 g/mol. The topological polar surface area (TPSA) is 35.5 Å². The largest absolute Gasteiger partial charge is 0.496 e. The molecule has 0 N–H and O–H groups in total. The quantitative estimate of drug-likeness (QED) is 0.643. The Morgan fingerprint density at radius 1 is 0.952 bits per heavy atom. The second-order valence-corrected chi connectivity index (χ2v) is 5.48. The van der Waals surface area contributed by atoms with Crippen LogP contribution >= 0.6 is 9.24 Å². The van der Waals surface area contributed by atoms with E-state index in [4.69, 9.17) is 9.47 Å². The molecule has 0 saturated heterocycles. The summed E-state index contributed by atoms with van der Waals surface area (Å²) in [5.74, 6) is 0.973. The molecule has 0 aromatic heterocycles. The molecule has 0 aliphatic rings. The second kappa shape index (κ2) is 6.28. The van der Waals surface area contributed by atoms with Crippen LogP contribution in [-0.2, 0) is 0 Å². The van der Waals surface area contributed by atoms with E-state index in [1.165, 1.54) is 0 Å². The molecule has 1 unspecified atom stereocenters. The SMILES string of the molecule is COc1ccc(P)c(OC)c1C(=O)c1c(C)cccc1C. The van der Waals surface area contributed by atoms with Gasteiger partial charge in [0.25, 0.3) is 0 Å². The standard InChI is InChI=1S/C17H19O3P/c1-10-6-5-7-11(2)14(10)16(18)15-12(19-3)8-9-13(21)17(15)20-4/h5-9H,21H2,1-4H3. The number of ether oxygens (including phenoxy) is 2. The van der Waals surface area contributed by atoms with E-state index < -0.39 is 0 Å². The lowest BCUT2D eigenvalue weighted by Crippen LogP contribution is -2.13. The number of hydrogen-bond acceptors (Lipinski definition) is 3. The van der Waals surface area contributed by atoms with Crippen molar-refractivity contribution in [2.45, 2.75) is 13.8 Å². The van der Waals surface area contributed by atoms with Gasteiger partial charge >= 0.3 is 0 Å². The lowest BCUT2D eigenvalue weighted by molar-refractivity contribution is 0.103. The van der Waals surface area contributed by atoms with Crippen LogP contribution in [0.5, 0.6) is 11.5 Å². The Balaban J connectivity index is 2.71. The third-order valence-electron chi connectivity index (χ3n) is 3.51. The summed E-state index contributed by atoms with van der Waals surface area (Å²) >= 11 is 0. The molecule has 21 heavy (non-hydrogen) atoms. The predicted octanol–water partition coefficient (Wildman–Crippen LogP) is 3.05. The van der Waals surface area contributed by atoms with Crippen molar-refractivity contribution < 1.29 is 14.3 Å². The summed E-state index contributed by atoms with van der Waals surface area (Å²) in [7, 11) is 5.70. The Bertz CT molecular complexity index is 672. The van der Waals surface area contributed by atoms with Gasteiger partial charge in [-0.1, -0.05) is 18.2 Å². The first-order valence-electron chi connectivity index (χ1n) is 6.62. The molecule has 0 aliphatic heterocycles. The molecule has 4 heteroatoms. The lowest BCUT2D eigenvalue weighted by Gasteiger charge is -2.16. The Hall–Kier alpha value is -1.86. The highest BCUT2D eigenvalue weighted by Gasteiger charge is 2.23. The van der Waals surface area contributed by atoms with Gasteiger partial charge in [0.05, 0.1) is 14.2 Å². The lowest BCUT2D eigenvalue weighted by atomic mass is 9.94. The summed E-state index contributed by atoms with van der Waals surface area (Å²) in [5, 5.41) is 0.827. The molecule has 1 atom stereocenters. The highest BCUT2D eigenvalue weighted by atomic mass is 31.0. The minimum absolute atomic E-state index is 0.0800. The molecule has 3 nitrogen and oxygen atoms in total. The molecule has 2 aromatic carbocycles. The van der Waals surface area contributed by atoms with Crippen molar-refractivity contribution in [1.29, 1.82) is 0 Å². The molecule has 0 fully saturated rings. The van der Waals surface area contributed by atoms with Gasteiger partial charge in [0, 0.05) is 10.9 Å². The number of methoxy groups -OCH3 is 2. The molecule has 0 saturated carbocycles. The van der Waals surface area contributed by atoms with Gasteiger partial charge in [-0.15, -0.1) is 9.24 Å². The van der Waals surface area contributed by atoms with Gasteiger partial charge in [0.15, 0.2) is 0 Å². The van der Waals surface area contributed by atoms with Crippen molar-refractivity contribution in [2.75, 3.05) is 14.2 Å². The highest BCUT2D eigenvalue weighted by molar-refractivity contribution is 7.27. The fourth-order valence-corrected chi connectivity index (χ4v) is 2.84. The van der Waals surface area contributed by atoms with E-state index in [0.717, 1.165) is 16.4 Å². The van der Waals surface area contributed by atoms with Crippen LogP contribution in [-0.4, -0.2) is 20.0 Å². The van der Waals surface area contributed by atoms with Crippen molar-refractivity contribution in [1.82, 2.24) is 0 Å². The fourth-order valence-electron chi connectivity index (χ4n) is 2.48. The molecular formula is C17H19O3P. The fraction of sp³-hybridized carbons (Fsp3) is 0.235. The molecule has 0 heterocycles. The van der Waals surface area contributed by atoms with Gasteiger partial charge in [-0.25, -0.2) is 0 Å². The van der Waals surface area contributed by atoms with Crippen molar-refractivity contribution >= 4 is 20.3 Å². The van der Waals surface area contributed by atoms with Gasteiger partial charge in [-0.3, -0.25) is 4.79 Å². The van der Waals surface area contributed by atoms with E-state index in [0.29, 0.717) is 22.6 Å². The van der Waals surface area contributed by atoms with Gasteiger partial charge in [0.2, 0.25) is 5.78 Å². The summed E-state index contributed by atoms with van der Waals surface area (Å²) in [6, 6.07) is 9.45. The molecule has 2 rings (SSSR count). The number of hydrogen-bond donors (Lipinski definition) is 0. The number of carbonyl (C=O) groups is 1. The Labute approximate surface area is 127 Å². The molecule has 0 amide bonds. The van der Waals surface area contributed by atoms with E-state index >= 15 is 0 Å². The number of rotatable bonds is 4. The van der Waals surface area contributed by atoms with E-state index in [1.54, 1.807) is 20.3 Å². The summed E-state index contributed by atoms with van der Waals surface area (Å²) in [6.07, 6.45) is 0. The Kier molecular flexibility index (Phi) is 4.64. The van der Waals surface area contributed by atoms with Crippen LogP contribution in [0.2, 0.25) is 0 Å². The van der Waals surface area contributed by atoms with Crippen molar-refractivity contribution in [3.63, 3.8) is 0 Å². The normalized spacial score (nSPS) is 10.3. The van der Waals surface area contributed by atoms with E-state index in [-0.39, 0.29) is 5.78 Å². The molecular weight excluding hydrogens is 283 g/mol. The minimum Gasteiger partial charge on any atom is -0.496 e. The average Bonchev–Trinajstić information content (AvgIpc) is 2.46. The van der Waals surface area contributed by atoms with Gasteiger partial charge in [-0.2, -0.15) is 0 Å². The third-order valence-corrected chi connectivity index (χ3v) is 3.96. The zero-order chi connectivity index (χ0) is 15.6. The van der Waals surface area contributed by atoms with Crippen LogP contribution in [0.15, 0.2) is 30.3 Å². The van der Waals surface area contributed by atoms with Crippen LogP contribution in [0.25, 0.3) is 0 Å². The summed E-state index contributed by atoms with van der Waals surface area (Å²) in [5.41, 5.74) is 3.05. The highest BCUT2D eigenvalue weighted by Crippen LogP contribution is 2.32. The van der Waals surface area contributed by atoms with Crippen LogP contribution in [0, 0.1) is 13.8 Å². The van der Waals surface area contributed by atoms with Crippen LogP contribution in [0.3, 0.4) is 0 Å². The summed E-state index contributed by atoms with van der Waals surface area (Å²) < 4.78 is 10.8. The van der Waals surface area contributed by atoms with Crippen LogP contribution in [0.1, 0.15) is 27.0 Å². The molecule has 2 aromatic rings. The Morgan fingerprint density at radius 3 is 2.10 bits per heavy atom.